The fourth-order valence-electron chi connectivity index (χ4n) is 6.15. The number of hydrogen-bond donors (Lipinski definition) is 7. The maximum Gasteiger partial charge on any atom is 0.472 e. The monoisotopic (exact) mass is 817 g/mol. The molecule has 25 nitrogen and oxygen atoms in total. The van der Waals surface area contributed by atoms with Gasteiger partial charge in [0, 0.05) is 19.2 Å². The van der Waals surface area contributed by atoms with Crippen molar-refractivity contribution in [1.82, 2.24) is 34.0 Å². The summed E-state index contributed by atoms with van der Waals surface area (Å²) in [5.74, 6) is -1.40. The van der Waals surface area contributed by atoms with Crippen LogP contribution in [-0.2, 0) is 46.5 Å². The van der Waals surface area contributed by atoms with E-state index in [0.29, 0.717) is 6.42 Å². The highest BCUT2D eigenvalue weighted by atomic mass is 31.2. The predicted octanol–water partition coefficient (Wildman–Crippen LogP) is -2.15. The van der Waals surface area contributed by atoms with E-state index in [0.717, 1.165) is 17.1 Å². The van der Waals surface area contributed by atoms with Crippen LogP contribution in [0.3, 0.4) is 0 Å². The molecule has 0 aliphatic carbocycles. The zero-order valence-corrected chi connectivity index (χ0v) is 30.2. The molecule has 27 heteroatoms. The Bertz CT molecular complexity index is 2080. The first kappa shape index (κ1) is 40.4. The third-order valence-corrected chi connectivity index (χ3v) is 10.4. The number of nitrogens with zero attached hydrogens (tertiary/aromatic N) is 7. The minimum atomic E-state index is -5.36. The first-order chi connectivity index (χ1) is 26.0. The van der Waals surface area contributed by atoms with Crippen LogP contribution in [0.25, 0.3) is 11.2 Å². The Labute approximate surface area is 309 Å². The molecule has 3 fully saturated rings. The molecule has 55 heavy (non-hydrogen) atoms. The number of nitrogen functional groups attached to an aromatic ring is 2. The number of carbonyl (C=O) groups is 2. The second-order valence-corrected chi connectivity index (χ2v) is 15.1. The van der Waals surface area contributed by atoms with Crippen LogP contribution < -0.4 is 17.2 Å². The molecule has 1 amide bonds. The summed E-state index contributed by atoms with van der Waals surface area (Å²) >= 11 is 0. The molecule has 6 heterocycles. The summed E-state index contributed by atoms with van der Waals surface area (Å²) in [7, 11) is -10.5. The quantitative estimate of drug-likeness (QED) is 0.0488. The van der Waals surface area contributed by atoms with Crippen molar-refractivity contribution in [3.05, 3.63) is 48.1 Å². The van der Waals surface area contributed by atoms with E-state index in [1.54, 1.807) is 6.08 Å². The van der Waals surface area contributed by atoms with Crippen LogP contribution >= 0.6 is 15.6 Å². The van der Waals surface area contributed by atoms with Gasteiger partial charge in [0.05, 0.1) is 19.5 Å². The summed E-state index contributed by atoms with van der Waals surface area (Å²) in [5, 5.41) is 22.5. The molecule has 3 aromatic heterocycles. The van der Waals surface area contributed by atoms with Gasteiger partial charge >= 0.3 is 27.3 Å². The van der Waals surface area contributed by atoms with Crippen LogP contribution in [0, 0.1) is 0 Å². The number of carbonyl (C=O) groups excluding carboxylic acids is 2. The summed E-state index contributed by atoms with van der Waals surface area (Å²) < 4.78 is 58.9. The summed E-state index contributed by atoms with van der Waals surface area (Å²) in [4.78, 5) is 84.7. The molecule has 0 aromatic carbocycles. The van der Waals surface area contributed by atoms with Gasteiger partial charge in [-0.25, -0.2) is 33.7 Å². The van der Waals surface area contributed by atoms with Crippen molar-refractivity contribution >= 4 is 50.3 Å². The van der Waals surface area contributed by atoms with E-state index in [9.17, 15) is 48.4 Å². The second kappa shape index (κ2) is 16.1. The molecule has 10 atom stereocenters. The number of nitrogens with two attached hydrogens (primary N) is 2. The Balaban J connectivity index is 1.21. The van der Waals surface area contributed by atoms with Gasteiger partial charge in [-0.05, 0) is 18.9 Å². The van der Waals surface area contributed by atoms with Gasteiger partial charge in [-0.3, -0.25) is 27.5 Å². The minimum absolute atomic E-state index is 0.00557. The normalized spacial score (nSPS) is 29.2. The number of ether oxygens (including phenoxy) is 3. The van der Waals surface area contributed by atoms with Gasteiger partial charge in [0.25, 0.3) is 0 Å². The zero-order chi connectivity index (χ0) is 39.8. The Hall–Kier alpha value is -4.23. The lowest BCUT2D eigenvalue weighted by molar-refractivity contribution is -0.172. The van der Waals surface area contributed by atoms with E-state index >= 15 is 0 Å². The molecule has 0 spiro atoms. The number of rotatable bonds is 15. The van der Waals surface area contributed by atoms with E-state index in [1.165, 1.54) is 21.9 Å². The first-order valence-corrected chi connectivity index (χ1v) is 19.4. The third kappa shape index (κ3) is 8.77. The molecule has 3 aromatic rings. The molecule has 0 radical (unpaired) electrons. The van der Waals surface area contributed by atoms with E-state index < -0.39 is 95.6 Å². The number of anilines is 2. The van der Waals surface area contributed by atoms with Crippen LogP contribution in [0.2, 0.25) is 0 Å². The fraction of sp³-hybridized carbons (Fsp3) is 0.536. The molecule has 0 saturated carbocycles. The van der Waals surface area contributed by atoms with E-state index in [4.69, 9.17) is 34.7 Å². The minimum Gasteiger partial charge on any atom is -0.455 e. The number of fused-ring (bicyclic) bond motifs is 1. The smallest absolute Gasteiger partial charge is 0.455 e. The lowest BCUT2D eigenvalue weighted by Gasteiger charge is -2.39. The highest BCUT2D eigenvalue weighted by Gasteiger charge is 2.53. The molecule has 6 rings (SSSR count). The average Bonchev–Trinajstić information content (AvgIpc) is 3.75. The molecule has 1 unspecified atom stereocenters. The van der Waals surface area contributed by atoms with Gasteiger partial charge in [0.1, 0.15) is 54.2 Å². The molecule has 9 N–H and O–H groups in total. The van der Waals surface area contributed by atoms with Crippen LogP contribution in [-0.4, -0.2) is 133 Å². The molecule has 3 aliphatic rings. The Morgan fingerprint density at radius 1 is 1.00 bits per heavy atom. The van der Waals surface area contributed by atoms with Gasteiger partial charge < -0.3 is 55.5 Å². The molecule has 300 valence electrons. The highest BCUT2D eigenvalue weighted by molar-refractivity contribution is 7.47. The number of hydrogen-bond acceptors (Lipinski definition) is 19. The van der Waals surface area contributed by atoms with Gasteiger partial charge in [-0.15, -0.1) is 6.58 Å². The molecular weight excluding hydrogens is 780 g/mol. The standard InChI is InChI=1S/C28H37N9O16P2/c1-2-3-4-17(38)35-7-5-13(35)27(41)52-21-14(50-26(19(21)39)37-12-33-18-23(30)31-11-32-24(18)37)10-49-55(46,47)53-22-15(9-48-54(43,44)45)51-25(20(22)40)36-8-6-16(29)34-28(36)42/h2,6,8,11-15,19-22,25-26,39-40H,1,3-5,7,9-10H2,(H,46,47)(H2,29,34,42)(H2,30,31,32)(H2,43,44,45)/t13-,14+,15+,19+,20+,21+,22+,25+,26+/m0/s1. The van der Waals surface area contributed by atoms with Gasteiger partial charge in [-0.1, -0.05) is 6.08 Å². The zero-order valence-electron chi connectivity index (χ0n) is 28.4. The summed E-state index contributed by atoms with van der Waals surface area (Å²) in [6.07, 6.45) is -7.74. The number of aromatic nitrogens is 6. The van der Waals surface area contributed by atoms with Crippen LogP contribution in [0.4, 0.5) is 11.6 Å². The SMILES string of the molecule is C=CCCC(=O)N1CC[C@H]1C(=O)O[C@H]1[C@@H](O)[C@H](n2cnc3c(N)ncnc32)O[C@@H]1COP(=O)(O)O[C@H]1[C@@H](O)[C@H](n2ccc(N)nc2=O)O[C@@H]1COP(=O)(O)O. The van der Waals surface area contributed by atoms with Crippen molar-refractivity contribution < 1.29 is 71.4 Å². The molecule has 3 aliphatic heterocycles. The van der Waals surface area contributed by atoms with Crippen molar-refractivity contribution in [2.45, 2.75) is 74.4 Å². The summed E-state index contributed by atoms with van der Waals surface area (Å²) in [6, 6.07) is 0.184. The van der Waals surface area contributed by atoms with Crippen molar-refractivity contribution in [3.8, 4) is 0 Å². The first-order valence-electron chi connectivity index (χ1n) is 16.4. The Kier molecular flexibility index (Phi) is 11.8. The van der Waals surface area contributed by atoms with Gasteiger partial charge in [0.2, 0.25) is 5.91 Å². The van der Waals surface area contributed by atoms with Gasteiger partial charge in [-0.2, -0.15) is 4.98 Å². The number of esters is 1. The Morgan fingerprint density at radius 3 is 2.33 bits per heavy atom. The van der Waals surface area contributed by atoms with Crippen molar-refractivity contribution in [2.75, 3.05) is 31.2 Å². The number of phosphoric acid groups is 2. The third-order valence-electron chi connectivity index (χ3n) is 8.90. The second-order valence-electron chi connectivity index (χ2n) is 12.5. The predicted molar refractivity (Wildman–Crippen MR) is 181 cm³/mol. The summed E-state index contributed by atoms with van der Waals surface area (Å²) in [6.45, 7) is 1.94. The maximum atomic E-state index is 13.4. The van der Waals surface area contributed by atoms with Crippen LogP contribution in [0.5, 0.6) is 0 Å². The van der Waals surface area contributed by atoms with Crippen molar-refractivity contribution in [1.29, 1.82) is 0 Å². The van der Waals surface area contributed by atoms with Crippen LogP contribution in [0.1, 0.15) is 31.7 Å². The van der Waals surface area contributed by atoms with E-state index in [2.05, 4.69) is 31.0 Å². The number of amides is 1. The number of imidazole rings is 1. The van der Waals surface area contributed by atoms with Crippen LogP contribution in [0.15, 0.2) is 42.4 Å². The molecular formula is C28H37N9O16P2. The molecule has 3 saturated heterocycles. The average molecular weight is 818 g/mol. The summed E-state index contributed by atoms with van der Waals surface area (Å²) in [5.41, 5.74) is 10.7. The lowest BCUT2D eigenvalue weighted by Crippen LogP contribution is -2.57. The largest absolute Gasteiger partial charge is 0.472 e. The topological polar surface area (TPSA) is 359 Å². The Morgan fingerprint density at radius 2 is 1.67 bits per heavy atom. The van der Waals surface area contributed by atoms with Crippen molar-refractivity contribution in [3.63, 3.8) is 0 Å². The maximum absolute atomic E-state index is 13.4. The molecule has 0 bridgehead atoms. The van der Waals surface area contributed by atoms with E-state index in [-0.39, 0.29) is 48.1 Å². The highest BCUT2D eigenvalue weighted by Crippen LogP contribution is 2.50. The fourth-order valence-corrected chi connectivity index (χ4v) is 7.46. The lowest BCUT2D eigenvalue weighted by atomic mass is 10.0. The van der Waals surface area contributed by atoms with Gasteiger partial charge in [0.15, 0.2) is 30.0 Å². The van der Waals surface area contributed by atoms with E-state index in [1.807, 2.05) is 0 Å². The number of phosphoric ester groups is 2. The van der Waals surface area contributed by atoms with Crippen molar-refractivity contribution in [2.24, 2.45) is 0 Å². The number of aliphatic hydroxyl groups excluding tert-OH is 2. The number of allylic oxidation sites excluding steroid dienone is 1. The number of aliphatic hydroxyl groups is 2. The number of likely N-dealkylation sites (tertiary alicyclic amines) is 1.